The fraction of sp³-hybridized carbons (Fsp3) is 0.667. The molecule has 2 heteroatoms. The van der Waals surface area contributed by atoms with Gasteiger partial charge in [-0.05, 0) is 43.5 Å². The molecule has 0 fully saturated rings. The van der Waals surface area contributed by atoms with E-state index in [1.54, 1.807) is 6.07 Å². The third-order valence-electron chi connectivity index (χ3n) is 3.88. The Morgan fingerprint density at radius 1 is 1.00 bits per heavy atom. The SMILES string of the molecule is CCCCCC(CCCCC)Nc1ccc(O)cc1C. The van der Waals surface area contributed by atoms with Crippen molar-refractivity contribution in [3.05, 3.63) is 23.8 Å². The van der Waals surface area contributed by atoms with Gasteiger partial charge in [-0.25, -0.2) is 0 Å². The van der Waals surface area contributed by atoms with Crippen LogP contribution in [0.15, 0.2) is 18.2 Å². The number of hydrogen-bond donors (Lipinski definition) is 2. The number of anilines is 1. The topological polar surface area (TPSA) is 32.3 Å². The number of rotatable bonds is 10. The maximum atomic E-state index is 9.49. The van der Waals surface area contributed by atoms with Gasteiger partial charge >= 0.3 is 0 Å². The second-order valence-electron chi connectivity index (χ2n) is 5.83. The van der Waals surface area contributed by atoms with Crippen LogP contribution >= 0.6 is 0 Å². The molecule has 0 aliphatic rings. The van der Waals surface area contributed by atoms with Gasteiger partial charge in [0.1, 0.15) is 5.75 Å². The Morgan fingerprint density at radius 3 is 2.10 bits per heavy atom. The van der Waals surface area contributed by atoms with Gasteiger partial charge in [0.2, 0.25) is 0 Å². The Bertz CT molecular complexity index is 366. The minimum Gasteiger partial charge on any atom is -0.508 e. The molecule has 0 amide bonds. The van der Waals surface area contributed by atoms with Gasteiger partial charge in [0.15, 0.2) is 0 Å². The normalized spacial score (nSPS) is 11.0. The third kappa shape index (κ3) is 6.31. The van der Waals surface area contributed by atoms with Gasteiger partial charge in [-0.3, -0.25) is 0 Å². The van der Waals surface area contributed by atoms with E-state index in [0.29, 0.717) is 11.8 Å². The fourth-order valence-corrected chi connectivity index (χ4v) is 2.60. The second kappa shape index (κ2) is 9.68. The number of phenols is 1. The zero-order valence-electron chi connectivity index (χ0n) is 13.4. The van der Waals surface area contributed by atoms with Gasteiger partial charge in [0.25, 0.3) is 0 Å². The number of nitrogens with one attached hydrogen (secondary N) is 1. The van der Waals surface area contributed by atoms with Crippen LogP contribution < -0.4 is 5.32 Å². The zero-order chi connectivity index (χ0) is 14.8. The molecule has 0 radical (unpaired) electrons. The first kappa shape index (κ1) is 16.9. The first-order valence-electron chi connectivity index (χ1n) is 8.23. The number of hydrogen-bond acceptors (Lipinski definition) is 2. The molecule has 0 unspecified atom stereocenters. The summed E-state index contributed by atoms with van der Waals surface area (Å²) in [7, 11) is 0. The first-order valence-corrected chi connectivity index (χ1v) is 8.23. The predicted octanol–water partition coefficient (Wildman–Crippen LogP) is 5.64. The van der Waals surface area contributed by atoms with Crippen LogP contribution in [0.5, 0.6) is 5.75 Å². The number of phenolic OH excluding ortho intramolecular Hbond substituents is 1. The molecule has 1 aromatic rings. The molecule has 0 atom stereocenters. The van der Waals surface area contributed by atoms with Gasteiger partial charge in [-0.2, -0.15) is 0 Å². The summed E-state index contributed by atoms with van der Waals surface area (Å²) >= 11 is 0. The fourth-order valence-electron chi connectivity index (χ4n) is 2.60. The van der Waals surface area contributed by atoms with Crippen LogP contribution in [0.25, 0.3) is 0 Å². The molecule has 1 rings (SSSR count). The van der Waals surface area contributed by atoms with Gasteiger partial charge in [0.05, 0.1) is 0 Å². The Morgan fingerprint density at radius 2 is 1.60 bits per heavy atom. The molecule has 0 saturated heterocycles. The maximum Gasteiger partial charge on any atom is 0.115 e. The van der Waals surface area contributed by atoms with Gasteiger partial charge in [-0.1, -0.05) is 52.4 Å². The smallest absolute Gasteiger partial charge is 0.115 e. The van der Waals surface area contributed by atoms with Crippen molar-refractivity contribution >= 4 is 5.69 Å². The highest BCUT2D eigenvalue weighted by molar-refractivity contribution is 5.53. The number of benzene rings is 1. The largest absolute Gasteiger partial charge is 0.508 e. The second-order valence-corrected chi connectivity index (χ2v) is 5.83. The van der Waals surface area contributed by atoms with E-state index in [1.807, 2.05) is 12.1 Å². The van der Waals surface area contributed by atoms with Crippen molar-refractivity contribution < 1.29 is 5.11 Å². The van der Waals surface area contributed by atoms with Crippen molar-refractivity contribution in [3.63, 3.8) is 0 Å². The van der Waals surface area contributed by atoms with Crippen molar-refractivity contribution in [1.82, 2.24) is 0 Å². The Balaban J connectivity index is 2.56. The molecule has 0 bridgehead atoms. The monoisotopic (exact) mass is 277 g/mol. The summed E-state index contributed by atoms with van der Waals surface area (Å²) in [5.41, 5.74) is 2.29. The van der Waals surface area contributed by atoms with Crippen LogP contribution in [-0.4, -0.2) is 11.1 Å². The van der Waals surface area contributed by atoms with E-state index < -0.39 is 0 Å². The molecule has 2 N–H and O–H groups in total. The summed E-state index contributed by atoms with van der Waals surface area (Å²) in [5.74, 6) is 0.349. The highest BCUT2D eigenvalue weighted by Crippen LogP contribution is 2.23. The van der Waals surface area contributed by atoms with Crippen LogP contribution in [0, 0.1) is 6.92 Å². The van der Waals surface area contributed by atoms with Gasteiger partial charge in [0, 0.05) is 11.7 Å². The highest BCUT2D eigenvalue weighted by atomic mass is 16.3. The van der Waals surface area contributed by atoms with Crippen LogP contribution in [0.3, 0.4) is 0 Å². The van der Waals surface area contributed by atoms with Crippen molar-refractivity contribution in [2.45, 2.75) is 78.2 Å². The summed E-state index contributed by atoms with van der Waals surface area (Å²) in [4.78, 5) is 0. The molecule has 0 heterocycles. The van der Waals surface area contributed by atoms with E-state index in [1.165, 1.54) is 57.1 Å². The van der Waals surface area contributed by atoms with E-state index in [0.717, 1.165) is 5.56 Å². The summed E-state index contributed by atoms with van der Waals surface area (Å²) in [6.45, 7) is 6.56. The molecule has 0 aliphatic carbocycles. The van der Waals surface area contributed by atoms with Crippen molar-refractivity contribution in [2.75, 3.05) is 5.32 Å². The molecule has 114 valence electrons. The Labute approximate surface area is 124 Å². The van der Waals surface area contributed by atoms with E-state index in [-0.39, 0.29) is 0 Å². The molecule has 0 aliphatic heterocycles. The van der Waals surface area contributed by atoms with Crippen molar-refractivity contribution in [2.24, 2.45) is 0 Å². The van der Waals surface area contributed by atoms with E-state index in [4.69, 9.17) is 0 Å². The summed E-state index contributed by atoms with van der Waals surface area (Å²) < 4.78 is 0. The van der Waals surface area contributed by atoms with Crippen LogP contribution in [0.2, 0.25) is 0 Å². The number of unbranched alkanes of at least 4 members (excludes halogenated alkanes) is 4. The summed E-state index contributed by atoms with van der Waals surface area (Å²) in [6, 6.07) is 6.16. The maximum absolute atomic E-state index is 9.49. The van der Waals surface area contributed by atoms with Gasteiger partial charge in [-0.15, -0.1) is 0 Å². The zero-order valence-corrected chi connectivity index (χ0v) is 13.4. The van der Waals surface area contributed by atoms with E-state index in [2.05, 4.69) is 26.1 Å². The lowest BCUT2D eigenvalue weighted by Gasteiger charge is -2.21. The average molecular weight is 277 g/mol. The third-order valence-corrected chi connectivity index (χ3v) is 3.88. The molecular weight excluding hydrogens is 246 g/mol. The van der Waals surface area contributed by atoms with Crippen LogP contribution in [0.4, 0.5) is 5.69 Å². The molecule has 2 nitrogen and oxygen atoms in total. The molecular formula is C18H31NO. The molecule has 0 saturated carbocycles. The molecule has 0 spiro atoms. The summed E-state index contributed by atoms with van der Waals surface area (Å²) in [6.07, 6.45) is 10.3. The van der Waals surface area contributed by atoms with Gasteiger partial charge < -0.3 is 10.4 Å². The lowest BCUT2D eigenvalue weighted by atomic mass is 10.0. The first-order chi connectivity index (χ1) is 9.67. The molecule has 1 aromatic carbocycles. The minimum absolute atomic E-state index is 0.349. The van der Waals surface area contributed by atoms with Crippen LogP contribution in [0.1, 0.15) is 70.8 Å². The standard InChI is InChI=1S/C18H31NO/c1-4-6-8-10-16(11-9-7-5-2)19-18-13-12-17(20)14-15(18)3/h12-14,16,19-20H,4-11H2,1-3H3. The lowest BCUT2D eigenvalue weighted by Crippen LogP contribution is -2.20. The molecule has 0 aromatic heterocycles. The van der Waals surface area contributed by atoms with E-state index >= 15 is 0 Å². The van der Waals surface area contributed by atoms with E-state index in [9.17, 15) is 5.11 Å². The van der Waals surface area contributed by atoms with Crippen molar-refractivity contribution in [1.29, 1.82) is 0 Å². The summed E-state index contributed by atoms with van der Waals surface area (Å²) in [5, 5.41) is 13.2. The van der Waals surface area contributed by atoms with Crippen LogP contribution in [-0.2, 0) is 0 Å². The molecule has 20 heavy (non-hydrogen) atoms. The Kier molecular flexibility index (Phi) is 8.17. The average Bonchev–Trinajstić information content (AvgIpc) is 2.42. The number of aryl methyl sites for hydroxylation is 1. The lowest BCUT2D eigenvalue weighted by molar-refractivity contribution is 0.475. The van der Waals surface area contributed by atoms with Crippen molar-refractivity contribution in [3.8, 4) is 5.75 Å². The number of aromatic hydroxyl groups is 1. The quantitative estimate of drug-likeness (QED) is 0.428. The minimum atomic E-state index is 0.349. The Hall–Kier alpha value is -1.18. The predicted molar refractivity (Wildman–Crippen MR) is 88.5 cm³/mol. The highest BCUT2D eigenvalue weighted by Gasteiger charge is 2.09.